The zero-order valence-electron chi connectivity index (χ0n) is 19.2. The van der Waals surface area contributed by atoms with Crippen molar-refractivity contribution in [2.75, 3.05) is 18.1 Å². The van der Waals surface area contributed by atoms with Crippen molar-refractivity contribution in [2.24, 2.45) is 5.10 Å². The van der Waals surface area contributed by atoms with Crippen molar-refractivity contribution >= 4 is 35.6 Å². The van der Waals surface area contributed by atoms with E-state index in [2.05, 4.69) is 78.3 Å². The molecule has 172 valence electrons. The maximum absolute atomic E-state index is 12.2. The number of ether oxygens (including phenoxy) is 1. The van der Waals surface area contributed by atoms with Gasteiger partial charge in [0.15, 0.2) is 6.61 Å². The molecule has 1 amide bonds. The Bertz CT molecular complexity index is 1120. The van der Waals surface area contributed by atoms with Crippen molar-refractivity contribution < 1.29 is 9.53 Å². The maximum atomic E-state index is 12.2. The van der Waals surface area contributed by atoms with Crippen LogP contribution in [0.2, 0.25) is 0 Å². The van der Waals surface area contributed by atoms with Crippen LogP contribution in [-0.4, -0.2) is 34.8 Å². The summed E-state index contributed by atoms with van der Waals surface area (Å²) in [6.45, 7) is 6.20. The van der Waals surface area contributed by atoms with Crippen LogP contribution in [0.15, 0.2) is 59.7 Å². The monoisotopic (exact) mass is 479 g/mol. The highest BCUT2D eigenvalue weighted by atomic mass is 32.2. The van der Waals surface area contributed by atoms with E-state index in [1.165, 1.54) is 22.6 Å². The zero-order valence-corrected chi connectivity index (χ0v) is 20.8. The predicted octanol–water partition coefficient (Wildman–Crippen LogP) is 5.66. The number of thioether (sulfide) groups is 2. The van der Waals surface area contributed by atoms with E-state index >= 15 is 0 Å². The fourth-order valence-electron chi connectivity index (χ4n) is 3.82. The van der Waals surface area contributed by atoms with Crippen molar-refractivity contribution in [3.63, 3.8) is 0 Å². The van der Waals surface area contributed by atoms with E-state index in [1.807, 2.05) is 35.7 Å². The third kappa shape index (κ3) is 5.84. The Morgan fingerprint density at radius 2 is 1.82 bits per heavy atom. The lowest BCUT2D eigenvalue weighted by Gasteiger charge is -2.10. The van der Waals surface area contributed by atoms with Crippen LogP contribution < -0.4 is 10.2 Å². The number of benzene rings is 2. The minimum atomic E-state index is -0.291. The molecular formula is C26H29N3O2S2. The molecule has 3 aromatic rings. The SMILES string of the molecule is CCc1ccc(-n2c(C)cc(/C=N\NC(=O)COc3ccc(C4SCCS4)cc3)c2C)cc1. The van der Waals surface area contributed by atoms with Crippen molar-refractivity contribution in [2.45, 2.75) is 31.8 Å². The largest absolute Gasteiger partial charge is 0.484 e. The Balaban J connectivity index is 1.31. The fraction of sp³-hybridized carbons (Fsp3) is 0.308. The third-order valence-electron chi connectivity index (χ3n) is 5.61. The van der Waals surface area contributed by atoms with Gasteiger partial charge in [-0.2, -0.15) is 5.10 Å². The summed E-state index contributed by atoms with van der Waals surface area (Å²) in [4.78, 5) is 12.2. The molecule has 33 heavy (non-hydrogen) atoms. The molecule has 2 heterocycles. The van der Waals surface area contributed by atoms with Crippen molar-refractivity contribution in [3.8, 4) is 11.4 Å². The average Bonchev–Trinajstić information content (AvgIpc) is 3.47. The molecule has 1 N–H and O–H groups in total. The summed E-state index contributed by atoms with van der Waals surface area (Å²) >= 11 is 3.94. The molecule has 5 nitrogen and oxygen atoms in total. The summed E-state index contributed by atoms with van der Waals surface area (Å²) in [5.41, 5.74) is 9.44. The number of hydrogen-bond acceptors (Lipinski definition) is 5. The quantitative estimate of drug-likeness (QED) is 0.334. The first kappa shape index (κ1) is 23.5. The number of aryl methyl sites for hydroxylation is 2. The van der Waals surface area contributed by atoms with Crippen LogP contribution in [0.3, 0.4) is 0 Å². The molecule has 0 atom stereocenters. The van der Waals surface area contributed by atoms with E-state index in [-0.39, 0.29) is 12.5 Å². The van der Waals surface area contributed by atoms with Crippen molar-refractivity contribution in [3.05, 3.63) is 82.7 Å². The summed E-state index contributed by atoms with van der Waals surface area (Å²) in [5.74, 6) is 2.79. The van der Waals surface area contributed by atoms with E-state index < -0.39 is 0 Å². The fourth-order valence-corrected chi connectivity index (χ4v) is 6.68. The molecule has 0 spiro atoms. The van der Waals surface area contributed by atoms with E-state index in [0.717, 1.165) is 29.1 Å². The number of nitrogens with zero attached hydrogens (tertiary/aromatic N) is 2. The highest BCUT2D eigenvalue weighted by Crippen LogP contribution is 2.45. The number of carbonyl (C=O) groups is 1. The number of aromatic nitrogens is 1. The Labute approximate surface area is 204 Å². The number of rotatable bonds is 8. The molecule has 0 bridgehead atoms. The van der Waals surface area contributed by atoms with Crippen LogP contribution in [0.1, 0.15) is 39.6 Å². The van der Waals surface area contributed by atoms with E-state index in [9.17, 15) is 4.79 Å². The molecule has 7 heteroatoms. The van der Waals surface area contributed by atoms with Gasteiger partial charge < -0.3 is 9.30 Å². The third-order valence-corrected chi connectivity index (χ3v) is 8.71. The Kier molecular flexibility index (Phi) is 7.83. The molecule has 0 unspecified atom stereocenters. The van der Waals surface area contributed by atoms with Crippen LogP contribution >= 0.6 is 23.5 Å². The summed E-state index contributed by atoms with van der Waals surface area (Å²) in [6.07, 6.45) is 2.71. The molecule has 0 radical (unpaired) electrons. The van der Waals surface area contributed by atoms with Gasteiger partial charge in [0.25, 0.3) is 5.91 Å². The molecule has 0 aliphatic carbocycles. The minimum Gasteiger partial charge on any atom is -0.484 e. The molecule has 1 fully saturated rings. The molecule has 4 rings (SSSR count). The predicted molar refractivity (Wildman–Crippen MR) is 140 cm³/mol. The molecular weight excluding hydrogens is 450 g/mol. The highest BCUT2D eigenvalue weighted by Gasteiger charge is 2.18. The Hall–Kier alpha value is -2.64. The van der Waals surface area contributed by atoms with Gasteiger partial charge in [0.2, 0.25) is 0 Å². The molecule has 1 saturated heterocycles. The minimum absolute atomic E-state index is 0.0770. The first-order valence-electron chi connectivity index (χ1n) is 11.1. The zero-order chi connectivity index (χ0) is 23.2. The van der Waals surface area contributed by atoms with E-state index in [4.69, 9.17) is 4.74 Å². The lowest BCUT2D eigenvalue weighted by Crippen LogP contribution is -2.24. The molecule has 1 aliphatic rings. The molecule has 0 saturated carbocycles. The lowest BCUT2D eigenvalue weighted by atomic mass is 10.1. The first-order valence-corrected chi connectivity index (χ1v) is 13.2. The number of carbonyl (C=O) groups excluding carboxylic acids is 1. The molecule has 2 aromatic carbocycles. The van der Waals surface area contributed by atoms with Gasteiger partial charge in [-0.1, -0.05) is 31.2 Å². The van der Waals surface area contributed by atoms with Gasteiger partial charge >= 0.3 is 0 Å². The lowest BCUT2D eigenvalue weighted by molar-refractivity contribution is -0.123. The van der Waals surface area contributed by atoms with Crippen LogP contribution in [0.25, 0.3) is 5.69 Å². The van der Waals surface area contributed by atoms with E-state index in [1.54, 1.807) is 6.21 Å². The van der Waals surface area contributed by atoms with Crippen molar-refractivity contribution in [1.29, 1.82) is 0 Å². The van der Waals surface area contributed by atoms with Gasteiger partial charge in [-0.15, -0.1) is 23.5 Å². The first-order chi connectivity index (χ1) is 16.0. The average molecular weight is 480 g/mol. The highest BCUT2D eigenvalue weighted by molar-refractivity contribution is 8.19. The smallest absolute Gasteiger partial charge is 0.277 e. The topological polar surface area (TPSA) is 55.6 Å². The second kappa shape index (κ2) is 11.0. The van der Waals surface area contributed by atoms with Gasteiger partial charge in [0, 0.05) is 34.1 Å². The van der Waals surface area contributed by atoms with E-state index in [0.29, 0.717) is 10.3 Å². The number of hydrazone groups is 1. The summed E-state index contributed by atoms with van der Waals surface area (Å²) < 4.78 is 8.31. The van der Waals surface area contributed by atoms with Gasteiger partial charge in [-0.05, 0) is 61.7 Å². The number of amides is 1. The molecule has 1 aliphatic heterocycles. The standard InChI is InChI=1S/C26H29N3O2S2/c1-4-20-5-9-23(10-6-20)29-18(2)15-22(19(29)3)16-27-28-25(30)17-31-24-11-7-21(8-12-24)26-32-13-14-33-26/h5-12,15-16,26H,4,13-14,17H2,1-3H3,(H,28,30)/b27-16-. The molecule has 1 aromatic heterocycles. The van der Waals surface area contributed by atoms with Gasteiger partial charge in [0.1, 0.15) is 5.75 Å². The summed E-state index contributed by atoms with van der Waals surface area (Å²) in [6, 6.07) is 18.6. The second-order valence-electron chi connectivity index (χ2n) is 7.91. The number of nitrogens with one attached hydrogen (secondary N) is 1. The van der Waals surface area contributed by atoms with Gasteiger partial charge in [-0.3, -0.25) is 4.79 Å². The Morgan fingerprint density at radius 1 is 1.12 bits per heavy atom. The second-order valence-corrected chi connectivity index (χ2v) is 10.6. The van der Waals surface area contributed by atoms with Crippen LogP contribution in [-0.2, 0) is 11.2 Å². The normalized spacial score (nSPS) is 14.2. The van der Waals surface area contributed by atoms with Crippen LogP contribution in [0, 0.1) is 13.8 Å². The summed E-state index contributed by atoms with van der Waals surface area (Å²) in [7, 11) is 0. The van der Waals surface area contributed by atoms with Crippen molar-refractivity contribution in [1.82, 2.24) is 9.99 Å². The van der Waals surface area contributed by atoms with Crippen LogP contribution in [0.5, 0.6) is 5.75 Å². The maximum Gasteiger partial charge on any atom is 0.277 e. The van der Waals surface area contributed by atoms with Gasteiger partial charge in [-0.25, -0.2) is 5.43 Å². The van der Waals surface area contributed by atoms with Gasteiger partial charge in [0.05, 0.1) is 10.8 Å². The summed E-state index contributed by atoms with van der Waals surface area (Å²) in [5, 5.41) is 4.13. The van der Waals surface area contributed by atoms with Crippen LogP contribution in [0.4, 0.5) is 0 Å². The number of hydrogen-bond donors (Lipinski definition) is 1. The Morgan fingerprint density at radius 3 is 2.48 bits per heavy atom.